The van der Waals surface area contributed by atoms with E-state index in [1.54, 1.807) is 11.0 Å². The number of amides is 2. The van der Waals surface area contributed by atoms with Crippen molar-refractivity contribution in [2.75, 3.05) is 6.54 Å². The van der Waals surface area contributed by atoms with E-state index >= 15 is 0 Å². The molecule has 1 heterocycles. The van der Waals surface area contributed by atoms with E-state index in [0.29, 0.717) is 6.54 Å². The minimum atomic E-state index is -0.614. The molecule has 4 nitrogen and oxygen atoms in total. The second kappa shape index (κ2) is 5.72. The van der Waals surface area contributed by atoms with E-state index in [0.717, 1.165) is 5.56 Å². The summed E-state index contributed by atoms with van der Waals surface area (Å²) in [6.45, 7) is 9.96. The number of carbonyl (C=O) groups is 2. The van der Waals surface area contributed by atoms with Crippen molar-refractivity contribution in [2.45, 2.75) is 32.9 Å². The minimum Gasteiger partial charge on any atom is -0.339 e. The van der Waals surface area contributed by atoms with Gasteiger partial charge in [0.05, 0.1) is 0 Å². The molecule has 2 rings (SSSR count). The first-order valence-electron chi connectivity index (χ1n) is 7.13. The fourth-order valence-electron chi connectivity index (χ4n) is 2.78. The lowest BCUT2D eigenvalue weighted by molar-refractivity contribution is -0.153. The number of carbonyl (C=O) groups excluding carboxylic acids is 2. The van der Waals surface area contributed by atoms with Gasteiger partial charge in [-0.25, -0.2) is 0 Å². The highest BCUT2D eigenvalue weighted by molar-refractivity contribution is 5.98. The maximum absolute atomic E-state index is 12.8. The van der Waals surface area contributed by atoms with Gasteiger partial charge in [0.25, 0.3) is 5.91 Å². The van der Waals surface area contributed by atoms with E-state index < -0.39 is 12.1 Å². The first kappa shape index (κ1) is 15.3. The summed E-state index contributed by atoms with van der Waals surface area (Å²) < 4.78 is 0. The Balaban J connectivity index is 2.38. The topological polar surface area (TPSA) is 49.4 Å². The lowest BCUT2D eigenvalue weighted by atomic mass is 9.82. The molecule has 1 aromatic rings. The summed E-state index contributed by atoms with van der Waals surface area (Å²) in [5, 5.41) is 2.86. The molecular formula is C17H22N2O2. The standard InChI is InChI=1S/C17H22N2O2/c1-5-11-19-14(17(2,3)4)15(20)18-13(16(19)21)12-9-7-6-8-10-12/h5-10,13-14H,1,11H2,2-4H3,(H,18,20). The molecule has 1 fully saturated rings. The number of hydrogen-bond acceptors (Lipinski definition) is 2. The molecule has 1 saturated heterocycles. The molecule has 0 aromatic heterocycles. The zero-order chi connectivity index (χ0) is 15.6. The lowest BCUT2D eigenvalue weighted by Crippen LogP contribution is -2.63. The summed E-state index contributed by atoms with van der Waals surface area (Å²) in [6.07, 6.45) is 1.66. The summed E-state index contributed by atoms with van der Waals surface area (Å²) in [6, 6.07) is 8.22. The Morgan fingerprint density at radius 3 is 2.38 bits per heavy atom. The largest absolute Gasteiger partial charge is 0.339 e. The third-order valence-electron chi connectivity index (χ3n) is 3.66. The van der Waals surface area contributed by atoms with Crippen LogP contribution < -0.4 is 5.32 Å². The van der Waals surface area contributed by atoms with E-state index in [1.165, 1.54) is 0 Å². The van der Waals surface area contributed by atoms with Crippen molar-refractivity contribution in [3.8, 4) is 0 Å². The highest BCUT2D eigenvalue weighted by atomic mass is 16.2. The van der Waals surface area contributed by atoms with Crippen LogP contribution in [0.3, 0.4) is 0 Å². The van der Waals surface area contributed by atoms with E-state index in [2.05, 4.69) is 11.9 Å². The first-order chi connectivity index (χ1) is 9.86. The van der Waals surface area contributed by atoms with Crippen molar-refractivity contribution in [3.05, 3.63) is 48.6 Å². The van der Waals surface area contributed by atoms with Gasteiger partial charge in [-0.3, -0.25) is 9.59 Å². The first-order valence-corrected chi connectivity index (χ1v) is 7.13. The third-order valence-corrected chi connectivity index (χ3v) is 3.66. The summed E-state index contributed by atoms with van der Waals surface area (Å²) >= 11 is 0. The fourth-order valence-corrected chi connectivity index (χ4v) is 2.78. The number of nitrogens with zero attached hydrogens (tertiary/aromatic N) is 1. The quantitative estimate of drug-likeness (QED) is 0.867. The number of hydrogen-bond donors (Lipinski definition) is 1. The van der Waals surface area contributed by atoms with Crippen LogP contribution in [0.15, 0.2) is 43.0 Å². The van der Waals surface area contributed by atoms with Gasteiger partial charge in [0.2, 0.25) is 5.91 Å². The molecule has 0 radical (unpaired) electrons. The molecular weight excluding hydrogens is 264 g/mol. The molecule has 2 amide bonds. The number of nitrogens with one attached hydrogen (secondary N) is 1. The number of piperazine rings is 1. The van der Waals surface area contributed by atoms with E-state index in [-0.39, 0.29) is 17.2 Å². The van der Waals surface area contributed by atoms with Gasteiger partial charge in [0.15, 0.2) is 0 Å². The van der Waals surface area contributed by atoms with Crippen LogP contribution in [-0.4, -0.2) is 29.3 Å². The number of benzene rings is 1. The van der Waals surface area contributed by atoms with Crippen LogP contribution in [0.1, 0.15) is 32.4 Å². The van der Waals surface area contributed by atoms with Gasteiger partial charge in [0, 0.05) is 6.54 Å². The molecule has 21 heavy (non-hydrogen) atoms. The minimum absolute atomic E-state index is 0.0828. The zero-order valence-electron chi connectivity index (χ0n) is 12.8. The van der Waals surface area contributed by atoms with Crippen LogP contribution in [0.25, 0.3) is 0 Å². The molecule has 1 aliphatic heterocycles. The highest BCUT2D eigenvalue weighted by Gasteiger charge is 2.45. The molecule has 112 valence electrons. The van der Waals surface area contributed by atoms with Gasteiger partial charge in [-0.2, -0.15) is 0 Å². The summed E-state index contributed by atoms with van der Waals surface area (Å²) in [5.74, 6) is -0.196. The average Bonchev–Trinajstić information content (AvgIpc) is 2.42. The van der Waals surface area contributed by atoms with Gasteiger partial charge in [0.1, 0.15) is 12.1 Å². The number of rotatable bonds is 3. The van der Waals surface area contributed by atoms with Crippen LogP contribution in [0.5, 0.6) is 0 Å². The van der Waals surface area contributed by atoms with E-state index in [9.17, 15) is 9.59 Å². The maximum Gasteiger partial charge on any atom is 0.250 e. The third kappa shape index (κ3) is 2.99. The Labute approximate surface area is 125 Å². The van der Waals surface area contributed by atoms with Crippen LogP contribution >= 0.6 is 0 Å². The van der Waals surface area contributed by atoms with Crippen molar-refractivity contribution in [1.29, 1.82) is 0 Å². The smallest absolute Gasteiger partial charge is 0.250 e. The zero-order valence-corrected chi connectivity index (χ0v) is 12.8. The van der Waals surface area contributed by atoms with Gasteiger partial charge in [-0.15, -0.1) is 6.58 Å². The normalized spacial score (nSPS) is 22.9. The van der Waals surface area contributed by atoms with Crippen molar-refractivity contribution in [2.24, 2.45) is 5.41 Å². The second-order valence-electron chi connectivity index (χ2n) is 6.40. The Kier molecular flexibility index (Phi) is 4.16. The second-order valence-corrected chi connectivity index (χ2v) is 6.40. The van der Waals surface area contributed by atoms with Crippen molar-refractivity contribution in [3.63, 3.8) is 0 Å². The molecule has 4 heteroatoms. The van der Waals surface area contributed by atoms with E-state index in [4.69, 9.17) is 0 Å². The predicted octanol–water partition coefficient (Wildman–Crippen LogP) is 2.29. The van der Waals surface area contributed by atoms with Gasteiger partial charge in [-0.05, 0) is 11.0 Å². The van der Waals surface area contributed by atoms with Gasteiger partial charge >= 0.3 is 0 Å². The molecule has 0 spiro atoms. The van der Waals surface area contributed by atoms with Crippen LogP contribution in [0.4, 0.5) is 0 Å². The van der Waals surface area contributed by atoms with Gasteiger partial charge in [-0.1, -0.05) is 57.2 Å². The Morgan fingerprint density at radius 1 is 1.24 bits per heavy atom. The monoisotopic (exact) mass is 286 g/mol. The molecule has 1 aliphatic rings. The average molecular weight is 286 g/mol. The Hall–Kier alpha value is -2.10. The molecule has 0 aliphatic carbocycles. The lowest BCUT2D eigenvalue weighted by Gasteiger charge is -2.44. The SMILES string of the molecule is C=CCN1C(=O)C(c2ccccc2)NC(=O)C1C(C)(C)C. The fraction of sp³-hybridized carbons (Fsp3) is 0.412. The summed E-state index contributed by atoms with van der Waals surface area (Å²) in [7, 11) is 0. The predicted molar refractivity (Wildman–Crippen MR) is 82.5 cm³/mol. The van der Waals surface area contributed by atoms with E-state index in [1.807, 2.05) is 51.1 Å². The van der Waals surface area contributed by atoms with Crippen molar-refractivity contribution < 1.29 is 9.59 Å². The van der Waals surface area contributed by atoms with Crippen LogP contribution in [0, 0.1) is 5.41 Å². The van der Waals surface area contributed by atoms with Crippen molar-refractivity contribution >= 4 is 11.8 Å². The van der Waals surface area contributed by atoms with Crippen LogP contribution in [-0.2, 0) is 9.59 Å². The maximum atomic E-state index is 12.8. The molecule has 0 bridgehead atoms. The highest BCUT2D eigenvalue weighted by Crippen LogP contribution is 2.31. The molecule has 1 aromatic carbocycles. The molecule has 2 unspecified atom stereocenters. The molecule has 0 saturated carbocycles. The molecule has 2 atom stereocenters. The summed E-state index contributed by atoms with van der Waals surface area (Å²) in [4.78, 5) is 26.9. The van der Waals surface area contributed by atoms with Gasteiger partial charge < -0.3 is 10.2 Å². The Bertz CT molecular complexity index is 546. The molecule has 1 N–H and O–H groups in total. The summed E-state index contributed by atoms with van der Waals surface area (Å²) in [5.41, 5.74) is 0.474. The van der Waals surface area contributed by atoms with Crippen molar-refractivity contribution in [1.82, 2.24) is 10.2 Å². The van der Waals surface area contributed by atoms with Crippen LogP contribution in [0.2, 0.25) is 0 Å². The Morgan fingerprint density at radius 2 is 1.86 bits per heavy atom.